The summed E-state index contributed by atoms with van der Waals surface area (Å²) in [6.45, 7) is -1.32. The maximum atomic E-state index is 13.2. The van der Waals surface area contributed by atoms with Gasteiger partial charge in [-0.25, -0.2) is 9.78 Å². The number of aromatic nitrogens is 2. The Bertz CT molecular complexity index is 1230. The Morgan fingerprint density at radius 1 is 1.09 bits per heavy atom. The van der Waals surface area contributed by atoms with Gasteiger partial charge in [-0.2, -0.15) is 13.8 Å². The maximum Gasteiger partial charge on any atom is 0.387 e. The van der Waals surface area contributed by atoms with Crippen LogP contribution >= 0.6 is 11.3 Å². The molecular weight excluding hydrogens is 476 g/mol. The summed E-state index contributed by atoms with van der Waals surface area (Å²) in [6.07, 6.45) is 0. The first kappa shape index (κ1) is 25.1. The van der Waals surface area contributed by atoms with Gasteiger partial charge in [-0.05, 0) is 12.5 Å². The van der Waals surface area contributed by atoms with Gasteiger partial charge in [0, 0.05) is 19.2 Å². The molecule has 13 heteroatoms. The Balaban J connectivity index is 2.07. The van der Waals surface area contributed by atoms with E-state index in [1.807, 2.05) is 0 Å². The van der Waals surface area contributed by atoms with Crippen LogP contribution in [0.2, 0.25) is 0 Å². The van der Waals surface area contributed by atoms with Crippen molar-refractivity contribution in [1.82, 2.24) is 9.97 Å². The monoisotopic (exact) mass is 497 g/mol. The van der Waals surface area contributed by atoms with Crippen molar-refractivity contribution < 1.29 is 42.1 Å². The average molecular weight is 497 g/mol. The molecule has 2 aromatic heterocycles. The second-order valence-electron chi connectivity index (χ2n) is 6.69. The molecular formula is C21H21F2N3O7S. The molecule has 1 amide bonds. The summed E-state index contributed by atoms with van der Waals surface area (Å²) in [6, 6.07) is 2.21. The molecule has 0 spiro atoms. The molecule has 0 atom stereocenters. The molecule has 2 heterocycles. The lowest BCUT2D eigenvalue weighted by Gasteiger charge is -2.15. The summed E-state index contributed by atoms with van der Waals surface area (Å²) in [5, 5.41) is 3.11. The number of ether oxygens (including phenoxy) is 5. The van der Waals surface area contributed by atoms with Crippen LogP contribution in [0.5, 0.6) is 17.4 Å². The van der Waals surface area contributed by atoms with Crippen LogP contribution in [0.3, 0.4) is 0 Å². The highest BCUT2D eigenvalue weighted by atomic mass is 32.1. The van der Waals surface area contributed by atoms with E-state index in [4.69, 9.17) is 18.9 Å². The minimum absolute atomic E-state index is 0.108. The normalized spacial score (nSPS) is 10.9. The molecule has 0 saturated heterocycles. The molecule has 34 heavy (non-hydrogen) atoms. The van der Waals surface area contributed by atoms with E-state index in [9.17, 15) is 18.4 Å². The zero-order chi connectivity index (χ0) is 25.0. The number of benzene rings is 1. The van der Waals surface area contributed by atoms with Crippen LogP contribution in [0.15, 0.2) is 12.1 Å². The van der Waals surface area contributed by atoms with Crippen LogP contribution < -0.4 is 19.5 Å². The van der Waals surface area contributed by atoms with E-state index in [1.54, 1.807) is 6.92 Å². The van der Waals surface area contributed by atoms with Gasteiger partial charge < -0.3 is 29.0 Å². The van der Waals surface area contributed by atoms with Gasteiger partial charge in [0.15, 0.2) is 17.3 Å². The van der Waals surface area contributed by atoms with Crippen molar-refractivity contribution >= 4 is 39.1 Å². The Morgan fingerprint density at radius 3 is 2.41 bits per heavy atom. The van der Waals surface area contributed by atoms with Crippen LogP contribution in [0.25, 0.3) is 10.2 Å². The van der Waals surface area contributed by atoms with Gasteiger partial charge in [0.05, 0.1) is 42.8 Å². The van der Waals surface area contributed by atoms with Crippen molar-refractivity contribution in [2.24, 2.45) is 0 Å². The van der Waals surface area contributed by atoms with Crippen LogP contribution in [0, 0.1) is 6.92 Å². The van der Waals surface area contributed by atoms with Crippen molar-refractivity contribution in [2.45, 2.75) is 20.1 Å². The molecule has 10 nitrogen and oxygen atoms in total. The van der Waals surface area contributed by atoms with Gasteiger partial charge >= 0.3 is 12.6 Å². The van der Waals surface area contributed by atoms with Crippen molar-refractivity contribution in [3.05, 3.63) is 34.0 Å². The number of nitrogens with one attached hydrogen (secondary N) is 1. The molecule has 3 aromatic rings. The molecule has 0 fully saturated rings. The number of halogens is 2. The fourth-order valence-electron chi connectivity index (χ4n) is 3.17. The predicted molar refractivity (Wildman–Crippen MR) is 118 cm³/mol. The van der Waals surface area contributed by atoms with Crippen molar-refractivity contribution in [3.63, 3.8) is 0 Å². The Morgan fingerprint density at radius 2 is 1.82 bits per heavy atom. The second kappa shape index (κ2) is 10.6. The molecule has 3 rings (SSSR count). The Labute approximate surface area is 196 Å². The lowest BCUT2D eigenvalue weighted by Crippen LogP contribution is -2.16. The molecule has 0 radical (unpaired) electrons. The SMILES string of the molecule is COCc1nc(OC)c2c(C)c(C(=O)Nc3cc(OC(F)F)c(OC)cc3C(=O)OC)sc2n1. The highest BCUT2D eigenvalue weighted by Gasteiger charge is 2.25. The number of hydrogen-bond acceptors (Lipinski definition) is 10. The number of carbonyl (C=O) groups is 2. The number of alkyl halides is 2. The third-order valence-corrected chi connectivity index (χ3v) is 5.83. The zero-order valence-electron chi connectivity index (χ0n) is 18.9. The standard InChI is InChI=1S/C21H21F2N3O7S/c1-9-15-18(31-4)25-14(8-29-2)26-19(15)34-16(9)17(27)24-11-7-13(33-21(22)23)12(30-3)6-10(11)20(28)32-5/h6-7,21H,8H2,1-5H3,(H,24,27). The van der Waals surface area contributed by atoms with Crippen molar-refractivity contribution in [1.29, 1.82) is 0 Å². The average Bonchev–Trinajstić information content (AvgIpc) is 3.14. The number of esters is 1. The number of amides is 1. The minimum atomic E-state index is -3.15. The van der Waals surface area contributed by atoms with Crippen molar-refractivity contribution in [3.8, 4) is 17.4 Å². The van der Waals surface area contributed by atoms with E-state index in [0.29, 0.717) is 21.6 Å². The third-order valence-electron chi connectivity index (χ3n) is 4.65. The van der Waals surface area contributed by atoms with E-state index in [-0.39, 0.29) is 40.1 Å². The van der Waals surface area contributed by atoms with Gasteiger partial charge in [0.25, 0.3) is 5.91 Å². The van der Waals surface area contributed by atoms with Gasteiger partial charge in [0.2, 0.25) is 5.88 Å². The first-order chi connectivity index (χ1) is 16.2. The highest BCUT2D eigenvalue weighted by Crippen LogP contribution is 2.38. The minimum Gasteiger partial charge on any atom is -0.493 e. The number of fused-ring (bicyclic) bond motifs is 1. The summed E-state index contributed by atoms with van der Waals surface area (Å²) in [5.74, 6) is -1.29. The number of anilines is 1. The molecule has 0 aliphatic heterocycles. The lowest BCUT2D eigenvalue weighted by atomic mass is 10.1. The van der Waals surface area contributed by atoms with Crippen LogP contribution in [0.1, 0.15) is 31.4 Å². The largest absolute Gasteiger partial charge is 0.493 e. The van der Waals surface area contributed by atoms with E-state index in [2.05, 4.69) is 20.0 Å². The number of nitrogens with zero attached hydrogens (tertiary/aromatic N) is 2. The van der Waals surface area contributed by atoms with Gasteiger partial charge in [-0.3, -0.25) is 4.79 Å². The highest BCUT2D eigenvalue weighted by molar-refractivity contribution is 7.20. The summed E-state index contributed by atoms with van der Waals surface area (Å²) >= 11 is 1.07. The van der Waals surface area contributed by atoms with Gasteiger partial charge in [-0.1, -0.05) is 0 Å². The van der Waals surface area contributed by atoms with Gasteiger partial charge in [-0.15, -0.1) is 11.3 Å². The molecule has 0 aliphatic carbocycles. The number of thiophene rings is 1. The molecule has 182 valence electrons. The maximum absolute atomic E-state index is 13.2. The molecule has 1 N–H and O–H groups in total. The fourth-order valence-corrected chi connectivity index (χ4v) is 4.26. The zero-order valence-corrected chi connectivity index (χ0v) is 19.7. The fraction of sp³-hybridized carbons (Fsp3) is 0.333. The second-order valence-corrected chi connectivity index (χ2v) is 7.69. The summed E-state index contributed by atoms with van der Waals surface area (Å²) < 4.78 is 50.4. The molecule has 1 aromatic carbocycles. The number of aryl methyl sites for hydroxylation is 1. The number of carbonyl (C=O) groups excluding carboxylic acids is 2. The van der Waals surface area contributed by atoms with Crippen LogP contribution in [0.4, 0.5) is 14.5 Å². The van der Waals surface area contributed by atoms with E-state index in [0.717, 1.165) is 30.6 Å². The summed E-state index contributed by atoms with van der Waals surface area (Å²) in [7, 11) is 5.31. The molecule has 0 aliphatic rings. The molecule has 0 bridgehead atoms. The third kappa shape index (κ3) is 4.99. The lowest BCUT2D eigenvalue weighted by molar-refractivity contribution is -0.0511. The van der Waals surface area contributed by atoms with E-state index in [1.165, 1.54) is 21.3 Å². The smallest absolute Gasteiger partial charge is 0.387 e. The summed E-state index contributed by atoms with van der Waals surface area (Å²) in [4.78, 5) is 34.9. The van der Waals surface area contributed by atoms with Crippen LogP contribution in [-0.4, -0.2) is 56.9 Å². The number of hydrogen-bond donors (Lipinski definition) is 1. The quantitative estimate of drug-likeness (QED) is 0.440. The van der Waals surface area contributed by atoms with Gasteiger partial charge in [0.1, 0.15) is 11.4 Å². The number of methoxy groups -OCH3 is 4. The topological polar surface area (TPSA) is 118 Å². The first-order valence-electron chi connectivity index (χ1n) is 9.63. The Hall–Kier alpha value is -3.58. The van der Waals surface area contributed by atoms with Crippen LogP contribution in [-0.2, 0) is 16.1 Å². The first-order valence-corrected chi connectivity index (χ1v) is 10.4. The van der Waals surface area contributed by atoms with Crippen molar-refractivity contribution in [2.75, 3.05) is 33.8 Å². The van der Waals surface area contributed by atoms with E-state index >= 15 is 0 Å². The Kier molecular flexibility index (Phi) is 7.79. The van der Waals surface area contributed by atoms with E-state index < -0.39 is 18.5 Å². The molecule has 0 unspecified atom stereocenters. The predicted octanol–water partition coefficient (Wildman–Crippen LogP) is 3.80. The number of rotatable bonds is 9. The summed E-state index contributed by atoms with van der Waals surface area (Å²) in [5.41, 5.74) is 0.312. The molecule has 0 saturated carbocycles.